The smallest absolute Gasteiger partial charge is 0.161 e. The molecule has 1 aliphatic rings. The first-order valence-electron chi connectivity index (χ1n) is 7.43. The van der Waals surface area contributed by atoms with E-state index in [9.17, 15) is 5.11 Å². The van der Waals surface area contributed by atoms with Crippen LogP contribution in [0.3, 0.4) is 0 Å². The van der Waals surface area contributed by atoms with Crippen LogP contribution in [0.5, 0.6) is 11.5 Å². The fourth-order valence-electron chi connectivity index (χ4n) is 2.97. The molecule has 0 aromatic heterocycles. The normalized spacial score (nSPS) is 14.8. The zero-order valence-corrected chi connectivity index (χ0v) is 12.9. The first-order valence-corrected chi connectivity index (χ1v) is 7.43. The summed E-state index contributed by atoms with van der Waals surface area (Å²) in [6, 6.07) is 13.8. The Morgan fingerprint density at radius 3 is 2.55 bits per heavy atom. The molecule has 114 valence electrons. The Morgan fingerprint density at radius 2 is 1.77 bits per heavy atom. The monoisotopic (exact) mass is 296 g/mol. The first-order chi connectivity index (χ1) is 10.7. The van der Waals surface area contributed by atoms with Crippen LogP contribution in [-0.4, -0.2) is 19.3 Å². The summed E-state index contributed by atoms with van der Waals surface area (Å²) >= 11 is 0. The summed E-state index contributed by atoms with van der Waals surface area (Å²) in [5.41, 5.74) is 4.20. The maximum absolute atomic E-state index is 10.8. The van der Waals surface area contributed by atoms with Gasteiger partial charge in [-0.15, -0.1) is 0 Å². The van der Waals surface area contributed by atoms with Crippen LogP contribution >= 0.6 is 0 Å². The molecule has 0 bridgehead atoms. The van der Waals surface area contributed by atoms with Gasteiger partial charge < -0.3 is 14.6 Å². The van der Waals surface area contributed by atoms with E-state index in [2.05, 4.69) is 18.2 Å². The van der Waals surface area contributed by atoms with Crippen LogP contribution in [0.4, 0.5) is 0 Å². The Kier molecular flexibility index (Phi) is 4.16. The second-order valence-corrected chi connectivity index (χ2v) is 5.37. The number of aliphatic hydroxyl groups is 1. The van der Waals surface area contributed by atoms with Crippen LogP contribution in [-0.2, 0) is 6.42 Å². The van der Waals surface area contributed by atoms with Crippen LogP contribution in [0.15, 0.2) is 48.5 Å². The Labute approximate surface area is 130 Å². The van der Waals surface area contributed by atoms with Crippen molar-refractivity contribution in [2.45, 2.75) is 18.9 Å². The fraction of sp³-hybridized carbons (Fsp3) is 0.263. The third-order valence-corrected chi connectivity index (χ3v) is 4.12. The molecule has 1 N–H and O–H groups in total. The average molecular weight is 296 g/mol. The molecular weight excluding hydrogens is 276 g/mol. The van der Waals surface area contributed by atoms with Gasteiger partial charge in [-0.05, 0) is 47.2 Å². The third-order valence-electron chi connectivity index (χ3n) is 4.12. The van der Waals surface area contributed by atoms with Gasteiger partial charge in [-0.1, -0.05) is 36.4 Å². The molecular formula is C19H20O3. The van der Waals surface area contributed by atoms with Gasteiger partial charge in [0.1, 0.15) is 6.10 Å². The highest BCUT2D eigenvalue weighted by molar-refractivity contribution is 5.74. The lowest BCUT2D eigenvalue weighted by Crippen LogP contribution is -2.07. The van der Waals surface area contributed by atoms with Gasteiger partial charge in [-0.2, -0.15) is 0 Å². The Bertz CT molecular complexity index is 704. The van der Waals surface area contributed by atoms with E-state index in [1.807, 2.05) is 30.3 Å². The van der Waals surface area contributed by atoms with Crippen molar-refractivity contribution in [1.29, 1.82) is 0 Å². The third kappa shape index (κ3) is 2.60. The minimum absolute atomic E-state index is 0.628. The van der Waals surface area contributed by atoms with E-state index >= 15 is 0 Å². The molecule has 0 aliphatic heterocycles. The van der Waals surface area contributed by atoms with Gasteiger partial charge in [0, 0.05) is 0 Å². The number of methoxy groups -OCH3 is 2. The summed E-state index contributed by atoms with van der Waals surface area (Å²) in [6.07, 6.45) is 3.44. The van der Waals surface area contributed by atoms with E-state index in [1.165, 1.54) is 5.56 Å². The van der Waals surface area contributed by atoms with Crippen molar-refractivity contribution in [3.05, 3.63) is 65.2 Å². The van der Waals surface area contributed by atoms with Gasteiger partial charge in [0.2, 0.25) is 0 Å². The summed E-state index contributed by atoms with van der Waals surface area (Å²) in [5, 5.41) is 10.8. The minimum atomic E-state index is -0.666. The zero-order chi connectivity index (χ0) is 15.5. The van der Waals surface area contributed by atoms with Crippen molar-refractivity contribution in [2.24, 2.45) is 0 Å². The molecule has 1 unspecified atom stereocenters. The lowest BCUT2D eigenvalue weighted by atomic mass is 9.86. The predicted octanol–water partition coefficient (Wildman–Crippen LogP) is 3.77. The molecule has 0 spiro atoms. The summed E-state index contributed by atoms with van der Waals surface area (Å²) in [4.78, 5) is 0. The lowest BCUT2D eigenvalue weighted by Gasteiger charge is -2.23. The molecule has 0 heterocycles. The van der Waals surface area contributed by atoms with E-state index in [1.54, 1.807) is 14.2 Å². The van der Waals surface area contributed by atoms with Gasteiger partial charge in [0.25, 0.3) is 0 Å². The van der Waals surface area contributed by atoms with E-state index in [4.69, 9.17) is 9.47 Å². The molecule has 0 amide bonds. The molecule has 0 fully saturated rings. The topological polar surface area (TPSA) is 38.7 Å². The van der Waals surface area contributed by atoms with Crippen LogP contribution in [0.1, 0.15) is 29.2 Å². The predicted molar refractivity (Wildman–Crippen MR) is 87.2 cm³/mol. The number of aryl methyl sites for hydroxylation is 1. The maximum Gasteiger partial charge on any atom is 0.161 e. The van der Waals surface area contributed by atoms with Gasteiger partial charge in [-0.25, -0.2) is 0 Å². The van der Waals surface area contributed by atoms with Crippen molar-refractivity contribution >= 4 is 5.57 Å². The molecule has 3 rings (SSSR count). The number of benzene rings is 2. The molecule has 3 nitrogen and oxygen atoms in total. The largest absolute Gasteiger partial charge is 0.493 e. The number of ether oxygens (including phenoxy) is 2. The van der Waals surface area contributed by atoms with E-state index in [-0.39, 0.29) is 0 Å². The van der Waals surface area contributed by atoms with Gasteiger partial charge >= 0.3 is 0 Å². The van der Waals surface area contributed by atoms with Crippen molar-refractivity contribution in [1.82, 2.24) is 0 Å². The minimum Gasteiger partial charge on any atom is -0.493 e. The SMILES string of the molecule is COc1ccc(C(O)C2=CCCc3ccccc32)cc1OC. The molecule has 0 saturated carbocycles. The molecule has 1 aliphatic carbocycles. The van der Waals surface area contributed by atoms with Gasteiger partial charge in [-0.3, -0.25) is 0 Å². The summed E-state index contributed by atoms with van der Waals surface area (Å²) < 4.78 is 10.6. The first kappa shape index (κ1) is 14.7. The highest BCUT2D eigenvalue weighted by Crippen LogP contribution is 2.38. The highest BCUT2D eigenvalue weighted by Gasteiger charge is 2.21. The van der Waals surface area contributed by atoms with Crippen molar-refractivity contribution < 1.29 is 14.6 Å². The summed E-state index contributed by atoms with van der Waals surface area (Å²) in [6.45, 7) is 0. The van der Waals surface area contributed by atoms with Crippen molar-refractivity contribution in [3.8, 4) is 11.5 Å². The lowest BCUT2D eigenvalue weighted by molar-refractivity contribution is 0.236. The molecule has 2 aromatic rings. The number of allylic oxidation sites excluding steroid dienone is 1. The van der Waals surface area contributed by atoms with E-state index < -0.39 is 6.10 Å². The number of aliphatic hydroxyl groups excluding tert-OH is 1. The highest BCUT2D eigenvalue weighted by atomic mass is 16.5. The van der Waals surface area contributed by atoms with Gasteiger partial charge in [0.15, 0.2) is 11.5 Å². The fourth-order valence-corrected chi connectivity index (χ4v) is 2.97. The van der Waals surface area contributed by atoms with Gasteiger partial charge in [0.05, 0.1) is 14.2 Å². The zero-order valence-electron chi connectivity index (χ0n) is 12.9. The number of fused-ring (bicyclic) bond motifs is 1. The number of rotatable bonds is 4. The molecule has 3 heteroatoms. The molecule has 0 saturated heterocycles. The Balaban J connectivity index is 1.98. The summed E-state index contributed by atoms with van der Waals surface area (Å²) in [7, 11) is 3.21. The quantitative estimate of drug-likeness (QED) is 0.933. The standard InChI is InChI=1S/C19H20O3/c1-21-17-11-10-14(12-18(17)22-2)19(20)16-9-5-7-13-6-3-4-8-15(13)16/h3-4,6,8-12,19-20H,5,7H2,1-2H3. The van der Waals surface area contributed by atoms with Crippen molar-refractivity contribution in [3.63, 3.8) is 0 Å². The molecule has 0 radical (unpaired) electrons. The van der Waals surface area contributed by atoms with Crippen molar-refractivity contribution in [2.75, 3.05) is 14.2 Å². The van der Waals surface area contributed by atoms with Crippen LogP contribution < -0.4 is 9.47 Å². The summed E-state index contributed by atoms with van der Waals surface area (Å²) in [5.74, 6) is 1.29. The van der Waals surface area contributed by atoms with Crippen LogP contribution in [0.2, 0.25) is 0 Å². The molecule has 22 heavy (non-hydrogen) atoms. The Morgan fingerprint density at radius 1 is 1.00 bits per heavy atom. The molecule has 2 aromatic carbocycles. The van der Waals surface area contributed by atoms with Crippen LogP contribution in [0.25, 0.3) is 5.57 Å². The number of hydrogen-bond acceptors (Lipinski definition) is 3. The molecule has 1 atom stereocenters. The Hall–Kier alpha value is -2.26. The van der Waals surface area contributed by atoms with E-state index in [0.29, 0.717) is 11.5 Å². The second-order valence-electron chi connectivity index (χ2n) is 5.37. The maximum atomic E-state index is 10.8. The average Bonchev–Trinajstić information content (AvgIpc) is 2.60. The second kappa shape index (κ2) is 6.24. The van der Waals surface area contributed by atoms with E-state index in [0.717, 1.165) is 29.5 Å². The van der Waals surface area contributed by atoms with Crippen LogP contribution in [0, 0.1) is 0 Å². The number of hydrogen-bond donors (Lipinski definition) is 1.